The van der Waals surface area contributed by atoms with E-state index in [2.05, 4.69) is 31.0 Å². The number of pyridine rings is 1. The predicted octanol–water partition coefficient (Wildman–Crippen LogP) is 4.39. The largest absolute Gasteiger partial charge is 0.364 e. The molecule has 1 unspecified atom stereocenters. The number of nitrogens with zero attached hydrogens (tertiary/aromatic N) is 6. The van der Waals surface area contributed by atoms with E-state index >= 15 is 0 Å². The van der Waals surface area contributed by atoms with E-state index in [1.54, 1.807) is 35.0 Å². The number of aromatic amines is 1. The van der Waals surface area contributed by atoms with Crippen LogP contribution in [0.1, 0.15) is 34.8 Å². The fourth-order valence-corrected chi connectivity index (χ4v) is 4.68. The lowest BCUT2D eigenvalue weighted by atomic mass is 10.0. The number of aromatic nitrogens is 6. The second kappa shape index (κ2) is 8.84. The summed E-state index contributed by atoms with van der Waals surface area (Å²) in [5.74, 6) is -0.747. The van der Waals surface area contributed by atoms with Gasteiger partial charge in [0.05, 0.1) is 23.3 Å². The number of benzene rings is 2. The van der Waals surface area contributed by atoms with E-state index in [1.165, 1.54) is 18.3 Å². The molecule has 11 heteroatoms. The van der Waals surface area contributed by atoms with E-state index in [-0.39, 0.29) is 11.9 Å². The smallest absolute Gasteiger partial charge is 0.259 e. The Morgan fingerprint density at radius 1 is 1.08 bits per heavy atom. The van der Waals surface area contributed by atoms with Crippen LogP contribution in [0.2, 0.25) is 0 Å². The summed E-state index contributed by atoms with van der Waals surface area (Å²) in [7, 11) is 0. The van der Waals surface area contributed by atoms with Gasteiger partial charge >= 0.3 is 0 Å². The highest BCUT2D eigenvalue weighted by atomic mass is 19.1. The lowest BCUT2D eigenvalue weighted by molar-refractivity contribution is 0.102. The van der Waals surface area contributed by atoms with Crippen molar-refractivity contribution in [3.05, 3.63) is 89.8 Å². The number of fused-ring (bicyclic) bond motifs is 1. The molecule has 9 nitrogen and oxygen atoms in total. The number of nitrogens with one attached hydrogen (secondary N) is 2. The third-order valence-corrected chi connectivity index (χ3v) is 6.40. The van der Waals surface area contributed by atoms with Crippen LogP contribution in [0.5, 0.6) is 0 Å². The van der Waals surface area contributed by atoms with Crippen LogP contribution in [0.4, 0.5) is 20.2 Å². The molecule has 0 spiro atoms. The zero-order chi connectivity index (χ0) is 24.6. The van der Waals surface area contributed by atoms with Gasteiger partial charge in [-0.1, -0.05) is 0 Å². The molecule has 36 heavy (non-hydrogen) atoms. The molecule has 1 saturated heterocycles. The molecule has 2 N–H and O–H groups in total. The van der Waals surface area contributed by atoms with Gasteiger partial charge in [-0.2, -0.15) is 10.3 Å². The van der Waals surface area contributed by atoms with Gasteiger partial charge in [0, 0.05) is 35.2 Å². The van der Waals surface area contributed by atoms with Gasteiger partial charge in [-0.3, -0.25) is 4.79 Å². The van der Waals surface area contributed by atoms with Crippen molar-refractivity contribution in [2.75, 3.05) is 16.8 Å². The van der Waals surface area contributed by atoms with Gasteiger partial charge in [0.15, 0.2) is 0 Å². The first-order chi connectivity index (χ1) is 17.6. The Balaban J connectivity index is 1.27. The number of H-pyrrole nitrogens is 1. The molecular formula is C25H20F2N8O. The number of tetrazole rings is 1. The summed E-state index contributed by atoms with van der Waals surface area (Å²) < 4.78 is 30.0. The summed E-state index contributed by atoms with van der Waals surface area (Å²) in [6.45, 7) is 0.694. The van der Waals surface area contributed by atoms with E-state index in [4.69, 9.17) is 0 Å². The highest BCUT2D eigenvalue weighted by Gasteiger charge is 2.29. The Kier molecular flexibility index (Phi) is 5.36. The molecule has 0 bridgehead atoms. The summed E-state index contributed by atoms with van der Waals surface area (Å²) in [4.78, 5) is 15.1. The van der Waals surface area contributed by atoms with Crippen molar-refractivity contribution in [1.29, 1.82) is 0 Å². The molecule has 5 aromatic rings. The van der Waals surface area contributed by atoms with Crippen LogP contribution in [0.3, 0.4) is 0 Å². The Labute approximate surface area is 203 Å². The van der Waals surface area contributed by atoms with Crippen molar-refractivity contribution >= 4 is 22.8 Å². The lowest BCUT2D eigenvalue weighted by Crippen LogP contribution is -2.23. The van der Waals surface area contributed by atoms with Crippen molar-refractivity contribution in [3.8, 4) is 11.4 Å². The van der Waals surface area contributed by atoms with E-state index in [0.717, 1.165) is 23.7 Å². The molecule has 3 aromatic heterocycles. The van der Waals surface area contributed by atoms with Crippen LogP contribution >= 0.6 is 0 Å². The number of halogens is 2. The quantitative estimate of drug-likeness (QED) is 0.382. The van der Waals surface area contributed by atoms with E-state index in [1.807, 2.05) is 17.0 Å². The number of anilines is 2. The predicted molar refractivity (Wildman–Crippen MR) is 128 cm³/mol. The molecule has 0 aliphatic carbocycles. The van der Waals surface area contributed by atoms with E-state index < -0.39 is 11.6 Å². The van der Waals surface area contributed by atoms with Gasteiger partial charge in [-0.25, -0.2) is 13.3 Å². The number of amides is 1. The first-order valence-corrected chi connectivity index (χ1v) is 11.4. The molecule has 0 saturated carbocycles. The van der Waals surface area contributed by atoms with Gasteiger partial charge < -0.3 is 10.2 Å². The second-order valence-corrected chi connectivity index (χ2v) is 8.56. The van der Waals surface area contributed by atoms with Gasteiger partial charge in [0.25, 0.3) is 5.91 Å². The lowest BCUT2D eigenvalue weighted by Gasteiger charge is -2.27. The molecule has 1 amide bonds. The minimum atomic E-state index is -0.464. The number of carbonyl (C=O) groups excluding carboxylic acids is 1. The normalized spacial score (nSPS) is 15.5. The summed E-state index contributed by atoms with van der Waals surface area (Å²) >= 11 is 0. The maximum atomic E-state index is 14.5. The summed E-state index contributed by atoms with van der Waals surface area (Å²) in [6, 6.07) is 14.1. The van der Waals surface area contributed by atoms with Crippen molar-refractivity contribution in [2.24, 2.45) is 0 Å². The topological polar surface area (TPSA) is 104 Å². The molecule has 6 rings (SSSR count). The van der Waals surface area contributed by atoms with Crippen LogP contribution < -0.4 is 10.2 Å². The fraction of sp³-hybridized carbons (Fsp3) is 0.160. The highest BCUT2D eigenvalue weighted by molar-refractivity contribution is 6.09. The number of rotatable bonds is 5. The second-order valence-electron chi connectivity index (χ2n) is 8.56. The molecule has 1 aliphatic heterocycles. The maximum absolute atomic E-state index is 14.5. The SMILES string of the molecule is O=C(Nc1ccc(-c2nn[nH]n2)cc1)c1cnn2ccc(N3CCCC3c3cc(F)ccc3F)cc12. The van der Waals surface area contributed by atoms with Crippen molar-refractivity contribution < 1.29 is 13.6 Å². The van der Waals surface area contributed by atoms with Gasteiger partial charge in [0.1, 0.15) is 11.6 Å². The third kappa shape index (κ3) is 3.94. The van der Waals surface area contributed by atoms with Crippen molar-refractivity contribution in [3.63, 3.8) is 0 Å². The van der Waals surface area contributed by atoms with Crippen LogP contribution in [0.15, 0.2) is 67.0 Å². The monoisotopic (exact) mass is 486 g/mol. The van der Waals surface area contributed by atoms with Crippen LogP contribution in [0.25, 0.3) is 16.9 Å². The number of carbonyl (C=O) groups is 1. The van der Waals surface area contributed by atoms with Crippen molar-refractivity contribution in [1.82, 2.24) is 30.2 Å². The Morgan fingerprint density at radius 3 is 2.75 bits per heavy atom. The minimum Gasteiger partial charge on any atom is -0.364 e. The molecule has 1 atom stereocenters. The first kappa shape index (κ1) is 21.8. The zero-order valence-corrected chi connectivity index (χ0v) is 18.9. The zero-order valence-electron chi connectivity index (χ0n) is 18.9. The van der Waals surface area contributed by atoms with Gasteiger partial charge in [-0.05, 0) is 72.7 Å². The number of hydrogen-bond donors (Lipinski definition) is 2. The molecular weight excluding hydrogens is 466 g/mol. The fourth-order valence-electron chi connectivity index (χ4n) is 4.68. The molecule has 1 aliphatic rings. The molecule has 0 radical (unpaired) electrons. The maximum Gasteiger partial charge on any atom is 0.259 e. The minimum absolute atomic E-state index is 0.291. The molecule has 4 heterocycles. The average Bonchev–Trinajstić information content (AvgIpc) is 3.66. The van der Waals surface area contributed by atoms with Crippen LogP contribution in [0, 0.1) is 11.6 Å². The Morgan fingerprint density at radius 2 is 1.94 bits per heavy atom. The Bertz CT molecular complexity index is 1550. The number of hydrogen-bond acceptors (Lipinski definition) is 6. The highest BCUT2D eigenvalue weighted by Crippen LogP contribution is 2.38. The van der Waals surface area contributed by atoms with Crippen LogP contribution in [-0.2, 0) is 0 Å². The Hall–Kier alpha value is -4.67. The third-order valence-electron chi connectivity index (χ3n) is 6.40. The summed E-state index contributed by atoms with van der Waals surface area (Å²) in [5.41, 5.74) is 3.52. The summed E-state index contributed by atoms with van der Waals surface area (Å²) in [5, 5.41) is 21.0. The standard InChI is InChI=1S/C25H20F2N8O/c26-16-5-8-21(27)19(12-16)22-2-1-10-34(22)18-9-11-35-23(13-18)20(14-28-35)25(36)29-17-6-3-15(4-7-17)24-30-32-33-31-24/h3-9,11-14,22H,1-2,10H2,(H,29,36)(H,30,31,32,33). The van der Waals surface area contributed by atoms with Crippen LogP contribution in [-0.4, -0.2) is 42.7 Å². The van der Waals surface area contributed by atoms with E-state index in [0.29, 0.717) is 41.1 Å². The summed E-state index contributed by atoms with van der Waals surface area (Å²) in [6.07, 6.45) is 4.82. The average molecular weight is 486 g/mol. The van der Waals surface area contributed by atoms with Crippen molar-refractivity contribution in [2.45, 2.75) is 18.9 Å². The molecule has 2 aromatic carbocycles. The molecule has 1 fully saturated rings. The van der Waals surface area contributed by atoms with Gasteiger partial charge in [-0.15, -0.1) is 10.2 Å². The molecule has 180 valence electrons. The first-order valence-electron chi connectivity index (χ1n) is 11.4. The van der Waals surface area contributed by atoms with Gasteiger partial charge in [0.2, 0.25) is 5.82 Å². The van der Waals surface area contributed by atoms with E-state index in [9.17, 15) is 13.6 Å².